The minimum Gasteiger partial charge on any atom is -0.481 e. The van der Waals surface area contributed by atoms with Gasteiger partial charge in [0.1, 0.15) is 6.61 Å². The highest BCUT2D eigenvalue weighted by molar-refractivity contribution is 5.86. The van der Waals surface area contributed by atoms with Crippen LogP contribution >= 0.6 is 0 Å². The summed E-state index contributed by atoms with van der Waals surface area (Å²) in [5, 5.41) is 17.9. The van der Waals surface area contributed by atoms with Crippen LogP contribution in [0.25, 0.3) is 0 Å². The highest BCUT2D eigenvalue weighted by Gasteiger charge is 2.40. The largest absolute Gasteiger partial charge is 0.481 e. The number of ketones is 1. The predicted octanol–water partition coefficient (Wildman–Crippen LogP) is 1.47. The van der Waals surface area contributed by atoms with Gasteiger partial charge >= 0.3 is 5.97 Å². The lowest BCUT2D eigenvalue weighted by molar-refractivity contribution is -0.151. The third-order valence-corrected chi connectivity index (χ3v) is 3.03. The maximum absolute atomic E-state index is 11.4. The van der Waals surface area contributed by atoms with E-state index in [0.717, 1.165) is 0 Å². The topological polar surface area (TPSA) is 74.6 Å². The van der Waals surface area contributed by atoms with E-state index < -0.39 is 23.4 Å². The molecular weight excluding hydrogens is 196 g/mol. The number of carbonyl (C=O) groups is 2. The second-order valence-electron chi connectivity index (χ2n) is 4.86. The van der Waals surface area contributed by atoms with Crippen molar-refractivity contribution >= 4 is 11.8 Å². The van der Waals surface area contributed by atoms with E-state index in [9.17, 15) is 9.59 Å². The Morgan fingerprint density at radius 2 is 1.67 bits per heavy atom. The van der Waals surface area contributed by atoms with Gasteiger partial charge in [-0.2, -0.15) is 0 Å². The summed E-state index contributed by atoms with van der Waals surface area (Å²) in [5.41, 5.74) is -1.70. The van der Waals surface area contributed by atoms with Crippen molar-refractivity contribution in [1.29, 1.82) is 0 Å². The summed E-state index contributed by atoms with van der Waals surface area (Å²) in [6, 6.07) is 0. The zero-order chi connectivity index (χ0) is 12.3. The molecule has 0 amide bonds. The number of Topliss-reactive ketones (excluding diaryl/α,β-unsaturated/α-hetero) is 1. The molecule has 0 rings (SSSR count). The molecule has 0 aliphatic rings. The Morgan fingerprint density at radius 3 is 1.93 bits per heavy atom. The van der Waals surface area contributed by atoms with Crippen LogP contribution in [0.2, 0.25) is 0 Å². The van der Waals surface area contributed by atoms with Crippen LogP contribution in [0.1, 0.15) is 40.5 Å². The molecule has 0 aliphatic carbocycles. The van der Waals surface area contributed by atoms with Crippen molar-refractivity contribution in [2.75, 3.05) is 6.61 Å². The smallest absolute Gasteiger partial charge is 0.309 e. The molecule has 0 aromatic heterocycles. The first-order chi connectivity index (χ1) is 6.69. The van der Waals surface area contributed by atoms with Gasteiger partial charge in [-0.25, -0.2) is 0 Å². The lowest BCUT2D eigenvalue weighted by atomic mass is 9.70. The molecule has 0 radical (unpaired) electrons. The number of hydrogen-bond acceptors (Lipinski definition) is 3. The summed E-state index contributed by atoms with van der Waals surface area (Å²) < 4.78 is 0. The second kappa shape index (κ2) is 4.75. The average Bonchev–Trinajstić information content (AvgIpc) is 2.15. The molecular formula is C11H20O4. The van der Waals surface area contributed by atoms with Crippen LogP contribution in [0.4, 0.5) is 0 Å². The van der Waals surface area contributed by atoms with Gasteiger partial charge in [-0.3, -0.25) is 9.59 Å². The molecule has 2 N–H and O–H groups in total. The molecule has 0 aromatic rings. The highest BCUT2D eigenvalue weighted by Crippen LogP contribution is 2.37. The Morgan fingerprint density at radius 1 is 1.20 bits per heavy atom. The number of carboxylic acid groups (broad SMARTS) is 1. The van der Waals surface area contributed by atoms with Gasteiger partial charge in [-0.15, -0.1) is 0 Å². The summed E-state index contributed by atoms with van der Waals surface area (Å²) >= 11 is 0. The third kappa shape index (κ3) is 3.30. The van der Waals surface area contributed by atoms with E-state index in [1.54, 1.807) is 27.7 Å². The monoisotopic (exact) mass is 216 g/mol. The first kappa shape index (κ1) is 14.1. The van der Waals surface area contributed by atoms with Crippen LogP contribution in [0.15, 0.2) is 0 Å². The molecule has 1 atom stereocenters. The maximum Gasteiger partial charge on any atom is 0.309 e. The van der Waals surface area contributed by atoms with Crippen LogP contribution in [0.5, 0.6) is 0 Å². The lowest BCUT2D eigenvalue weighted by Crippen LogP contribution is -2.37. The molecule has 4 nitrogen and oxygen atoms in total. The molecule has 88 valence electrons. The van der Waals surface area contributed by atoms with Crippen LogP contribution in [-0.4, -0.2) is 28.6 Å². The van der Waals surface area contributed by atoms with Gasteiger partial charge in [0, 0.05) is 5.41 Å². The van der Waals surface area contributed by atoms with Crippen molar-refractivity contribution in [3.63, 3.8) is 0 Å². The zero-order valence-electron chi connectivity index (χ0n) is 9.83. The quantitative estimate of drug-likeness (QED) is 0.705. The van der Waals surface area contributed by atoms with Gasteiger partial charge in [0.25, 0.3) is 0 Å². The van der Waals surface area contributed by atoms with E-state index in [2.05, 4.69) is 0 Å². The van der Waals surface area contributed by atoms with Crippen LogP contribution in [0, 0.1) is 10.8 Å². The van der Waals surface area contributed by atoms with Crippen molar-refractivity contribution in [3.8, 4) is 0 Å². The van der Waals surface area contributed by atoms with E-state index in [4.69, 9.17) is 10.2 Å². The second-order valence-corrected chi connectivity index (χ2v) is 4.86. The van der Waals surface area contributed by atoms with Crippen LogP contribution in [0.3, 0.4) is 0 Å². The minimum absolute atomic E-state index is 0.241. The van der Waals surface area contributed by atoms with Gasteiger partial charge in [-0.05, 0) is 19.8 Å². The number of aliphatic carboxylic acids is 1. The van der Waals surface area contributed by atoms with E-state index >= 15 is 0 Å². The molecule has 0 bridgehead atoms. The maximum atomic E-state index is 11.4. The number of aliphatic hydroxyl groups is 1. The first-order valence-electron chi connectivity index (χ1n) is 5.07. The first-order valence-corrected chi connectivity index (χ1v) is 5.07. The fourth-order valence-electron chi connectivity index (χ4n) is 1.64. The van der Waals surface area contributed by atoms with E-state index in [1.165, 1.54) is 0 Å². The van der Waals surface area contributed by atoms with Gasteiger partial charge < -0.3 is 10.2 Å². The van der Waals surface area contributed by atoms with Crippen molar-refractivity contribution in [2.24, 2.45) is 10.8 Å². The van der Waals surface area contributed by atoms with Crippen LogP contribution < -0.4 is 0 Å². The van der Waals surface area contributed by atoms with E-state index in [0.29, 0.717) is 6.42 Å². The lowest BCUT2D eigenvalue weighted by Gasteiger charge is -2.32. The number of rotatable bonds is 6. The summed E-state index contributed by atoms with van der Waals surface area (Å²) in [4.78, 5) is 22.5. The fourth-order valence-corrected chi connectivity index (χ4v) is 1.64. The van der Waals surface area contributed by atoms with Crippen molar-refractivity contribution in [1.82, 2.24) is 0 Å². The Hall–Kier alpha value is -0.900. The number of hydrogen-bond donors (Lipinski definition) is 2. The normalized spacial score (nSPS) is 15.8. The SMILES string of the molecule is CCC(C)(CC(C)(C)C(=O)CO)C(=O)O. The zero-order valence-corrected chi connectivity index (χ0v) is 9.83. The summed E-state index contributed by atoms with van der Waals surface area (Å²) in [7, 11) is 0. The predicted molar refractivity (Wildman–Crippen MR) is 56.5 cm³/mol. The van der Waals surface area contributed by atoms with E-state index in [1.807, 2.05) is 0 Å². The molecule has 0 heterocycles. The van der Waals surface area contributed by atoms with Crippen LogP contribution in [-0.2, 0) is 9.59 Å². The molecule has 0 spiro atoms. The summed E-state index contributed by atoms with van der Waals surface area (Å²) in [6.45, 7) is 6.21. The van der Waals surface area contributed by atoms with Gasteiger partial charge in [0.15, 0.2) is 5.78 Å². The molecule has 15 heavy (non-hydrogen) atoms. The summed E-state index contributed by atoms with van der Waals surface area (Å²) in [6.07, 6.45) is 0.704. The van der Waals surface area contributed by atoms with Crippen molar-refractivity contribution in [2.45, 2.75) is 40.5 Å². The molecule has 0 aromatic carbocycles. The fraction of sp³-hybridized carbons (Fsp3) is 0.818. The van der Waals surface area contributed by atoms with Crippen molar-refractivity contribution < 1.29 is 19.8 Å². The highest BCUT2D eigenvalue weighted by atomic mass is 16.4. The Balaban J connectivity index is 4.83. The molecule has 0 fully saturated rings. The van der Waals surface area contributed by atoms with E-state index in [-0.39, 0.29) is 12.2 Å². The van der Waals surface area contributed by atoms with Gasteiger partial charge in [0.05, 0.1) is 5.41 Å². The summed E-state index contributed by atoms with van der Waals surface area (Å²) in [5.74, 6) is -1.22. The molecule has 0 saturated heterocycles. The van der Waals surface area contributed by atoms with Gasteiger partial charge in [0.2, 0.25) is 0 Å². The molecule has 0 saturated carbocycles. The van der Waals surface area contributed by atoms with Crippen molar-refractivity contribution in [3.05, 3.63) is 0 Å². The Labute approximate surface area is 90.3 Å². The Bertz CT molecular complexity index is 257. The number of aliphatic hydroxyl groups excluding tert-OH is 1. The Kier molecular flexibility index (Phi) is 4.46. The molecule has 1 unspecified atom stereocenters. The number of carboxylic acids is 1. The average molecular weight is 216 g/mol. The number of carbonyl (C=O) groups excluding carboxylic acids is 1. The third-order valence-electron chi connectivity index (χ3n) is 3.03. The standard InChI is InChI=1S/C11H20O4/c1-5-11(4,9(14)15)7-10(2,3)8(13)6-12/h12H,5-7H2,1-4H3,(H,14,15). The minimum atomic E-state index is -0.908. The van der Waals surface area contributed by atoms with Gasteiger partial charge in [-0.1, -0.05) is 20.8 Å². The molecule has 0 aliphatic heterocycles. The molecule has 4 heteroatoms.